The smallest absolute Gasteiger partial charge is 0.251 e. The predicted molar refractivity (Wildman–Crippen MR) is 119 cm³/mol. The van der Waals surface area contributed by atoms with Gasteiger partial charge in [-0.05, 0) is 49.2 Å². The van der Waals surface area contributed by atoms with Crippen LogP contribution in [0.3, 0.4) is 0 Å². The van der Waals surface area contributed by atoms with E-state index in [1.54, 1.807) is 19.2 Å². The van der Waals surface area contributed by atoms with Crippen molar-refractivity contribution in [1.29, 1.82) is 0 Å². The summed E-state index contributed by atoms with van der Waals surface area (Å²) in [6, 6.07) is 14.8. The van der Waals surface area contributed by atoms with Crippen molar-refractivity contribution in [3.8, 4) is 5.75 Å². The highest BCUT2D eigenvalue weighted by Gasteiger charge is 2.31. The molecule has 1 saturated heterocycles. The van der Waals surface area contributed by atoms with Gasteiger partial charge in [0.05, 0.1) is 7.11 Å². The van der Waals surface area contributed by atoms with Crippen LogP contribution in [0.5, 0.6) is 5.75 Å². The monoisotopic (exact) mass is 409 g/mol. The van der Waals surface area contributed by atoms with Crippen LogP contribution in [0.25, 0.3) is 0 Å². The molecule has 6 heteroatoms. The second-order valence-corrected chi connectivity index (χ2v) is 8.07. The number of carbonyl (C=O) groups is 2. The summed E-state index contributed by atoms with van der Waals surface area (Å²) in [4.78, 5) is 29.9. The standard InChI is InChI=1S/C24H31N3O3/c1-17(2)22(25-23(28)19-7-5-18(3)6-8-19)24(29)27-15-13-26(14-16-27)20-9-11-21(30-4)12-10-20/h5-12,17,22H,13-16H2,1-4H3,(H,25,28). The van der Waals surface area contributed by atoms with Crippen LogP contribution in [0.15, 0.2) is 48.5 Å². The molecule has 1 aliphatic rings. The maximum Gasteiger partial charge on any atom is 0.251 e. The Morgan fingerprint density at radius 3 is 2.07 bits per heavy atom. The summed E-state index contributed by atoms with van der Waals surface area (Å²) in [6.45, 7) is 8.69. The third-order valence-electron chi connectivity index (χ3n) is 5.56. The molecule has 1 heterocycles. The number of methoxy groups -OCH3 is 1. The zero-order valence-electron chi connectivity index (χ0n) is 18.2. The summed E-state index contributed by atoms with van der Waals surface area (Å²) in [6.07, 6.45) is 0. The fourth-order valence-corrected chi connectivity index (χ4v) is 3.62. The van der Waals surface area contributed by atoms with E-state index in [4.69, 9.17) is 4.74 Å². The topological polar surface area (TPSA) is 61.9 Å². The van der Waals surface area contributed by atoms with E-state index in [1.807, 2.05) is 62.1 Å². The van der Waals surface area contributed by atoms with Crippen LogP contribution in [0, 0.1) is 12.8 Å². The summed E-state index contributed by atoms with van der Waals surface area (Å²) in [7, 11) is 1.65. The van der Waals surface area contributed by atoms with Crippen LogP contribution in [0.4, 0.5) is 5.69 Å². The van der Waals surface area contributed by atoms with E-state index in [1.165, 1.54) is 0 Å². The van der Waals surface area contributed by atoms with Crippen LogP contribution in [0.1, 0.15) is 29.8 Å². The molecule has 160 valence electrons. The lowest BCUT2D eigenvalue weighted by atomic mass is 10.0. The van der Waals surface area contributed by atoms with E-state index < -0.39 is 6.04 Å². The number of anilines is 1. The highest BCUT2D eigenvalue weighted by Crippen LogP contribution is 2.21. The van der Waals surface area contributed by atoms with Crippen molar-refractivity contribution in [3.63, 3.8) is 0 Å². The molecule has 0 radical (unpaired) electrons. The number of ether oxygens (including phenoxy) is 1. The minimum Gasteiger partial charge on any atom is -0.497 e. The Kier molecular flexibility index (Phi) is 6.98. The Morgan fingerprint density at radius 2 is 1.53 bits per heavy atom. The third kappa shape index (κ3) is 5.12. The molecule has 0 aliphatic carbocycles. The molecule has 1 atom stereocenters. The second-order valence-electron chi connectivity index (χ2n) is 8.07. The molecule has 1 N–H and O–H groups in total. The van der Waals surface area contributed by atoms with Crippen molar-refractivity contribution < 1.29 is 14.3 Å². The number of carbonyl (C=O) groups excluding carboxylic acids is 2. The number of benzene rings is 2. The van der Waals surface area contributed by atoms with E-state index in [-0.39, 0.29) is 17.7 Å². The zero-order valence-corrected chi connectivity index (χ0v) is 18.2. The normalized spacial score (nSPS) is 15.1. The summed E-state index contributed by atoms with van der Waals surface area (Å²) in [5.74, 6) is 0.613. The van der Waals surface area contributed by atoms with Crippen molar-refractivity contribution in [2.75, 3.05) is 38.2 Å². The fraction of sp³-hybridized carbons (Fsp3) is 0.417. The lowest BCUT2D eigenvalue weighted by Crippen LogP contribution is -2.56. The Balaban J connectivity index is 1.60. The number of piperazine rings is 1. The first-order valence-corrected chi connectivity index (χ1v) is 10.4. The lowest BCUT2D eigenvalue weighted by Gasteiger charge is -2.38. The maximum absolute atomic E-state index is 13.2. The van der Waals surface area contributed by atoms with Gasteiger partial charge in [0.15, 0.2) is 0 Å². The number of amides is 2. The summed E-state index contributed by atoms with van der Waals surface area (Å²) >= 11 is 0. The van der Waals surface area contributed by atoms with Gasteiger partial charge in [0, 0.05) is 37.4 Å². The molecule has 0 saturated carbocycles. The van der Waals surface area contributed by atoms with Crippen molar-refractivity contribution in [2.24, 2.45) is 5.92 Å². The Labute approximate surface area is 178 Å². The maximum atomic E-state index is 13.2. The van der Waals surface area contributed by atoms with Crippen LogP contribution >= 0.6 is 0 Å². The third-order valence-corrected chi connectivity index (χ3v) is 5.56. The molecule has 1 fully saturated rings. The largest absolute Gasteiger partial charge is 0.497 e. The first-order chi connectivity index (χ1) is 14.4. The predicted octanol–water partition coefficient (Wildman–Crippen LogP) is 3.11. The molecule has 0 bridgehead atoms. The van der Waals surface area contributed by atoms with E-state index >= 15 is 0 Å². The van der Waals surface area contributed by atoms with Gasteiger partial charge in [-0.15, -0.1) is 0 Å². The number of nitrogens with one attached hydrogen (secondary N) is 1. The molecule has 2 aromatic rings. The SMILES string of the molecule is COc1ccc(N2CCN(C(=O)C(NC(=O)c3ccc(C)cc3)C(C)C)CC2)cc1. The highest BCUT2D eigenvalue weighted by atomic mass is 16.5. The quantitative estimate of drug-likeness (QED) is 0.796. The Morgan fingerprint density at radius 1 is 0.933 bits per heavy atom. The molecule has 2 amide bonds. The van der Waals surface area contributed by atoms with Gasteiger partial charge in [-0.25, -0.2) is 0 Å². The van der Waals surface area contributed by atoms with E-state index in [0.717, 1.165) is 30.1 Å². The molecule has 3 rings (SSSR count). The summed E-state index contributed by atoms with van der Waals surface area (Å²) in [5.41, 5.74) is 2.79. The van der Waals surface area contributed by atoms with Gasteiger partial charge in [0.1, 0.15) is 11.8 Å². The Hall–Kier alpha value is -3.02. The molecular formula is C24H31N3O3. The van der Waals surface area contributed by atoms with E-state index in [9.17, 15) is 9.59 Å². The molecule has 0 aromatic heterocycles. The molecule has 6 nitrogen and oxygen atoms in total. The van der Waals surface area contributed by atoms with Crippen LogP contribution < -0.4 is 15.0 Å². The number of rotatable bonds is 6. The van der Waals surface area contributed by atoms with Gasteiger partial charge in [-0.3, -0.25) is 9.59 Å². The average Bonchev–Trinajstić information content (AvgIpc) is 2.77. The van der Waals surface area contributed by atoms with Crippen LogP contribution in [-0.2, 0) is 4.79 Å². The Bertz CT molecular complexity index is 854. The van der Waals surface area contributed by atoms with Crippen LogP contribution in [0.2, 0.25) is 0 Å². The highest BCUT2D eigenvalue weighted by molar-refractivity contribution is 5.97. The molecule has 2 aromatic carbocycles. The van der Waals surface area contributed by atoms with Gasteiger partial charge >= 0.3 is 0 Å². The van der Waals surface area contributed by atoms with Crippen molar-refractivity contribution in [1.82, 2.24) is 10.2 Å². The number of hydrogen-bond acceptors (Lipinski definition) is 4. The first kappa shape index (κ1) is 21.7. The molecule has 1 aliphatic heterocycles. The summed E-state index contributed by atoms with van der Waals surface area (Å²) < 4.78 is 5.22. The second kappa shape index (κ2) is 9.65. The molecular weight excluding hydrogens is 378 g/mol. The first-order valence-electron chi connectivity index (χ1n) is 10.4. The molecule has 0 spiro atoms. The van der Waals surface area contributed by atoms with Gasteiger partial charge in [0.25, 0.3) is 5.91 Å². The average molecular weight is 410 g/mol. The fourth-order valence-electron chi connectivity index (χ4n) is 3.62. The minimum atomic E-state index is -0.536. The van der Waals surface area contributed by atoms with E-state index in [0.29, 0.717) is 18.7 Å². The van der Waals surface area contributed by atoms with Gasteiger partial charge in [-0.2, -0.15) is 0 Å². The number of aryl methyl sites for hydroxylation is 1. The minimum absolute atomic E-state index is 0.00603. The van der Waals surface area contributed by atoms with E-state index in [2.05, 4.69) is 10.2 Å². The molecule has 30 heavy (non-hydrogen) atoms. The van der Waals surface area contributed by atoms with Crippen molar-refractivity contribution >= 4 is 17.5 Å². The summed E-state index contributed by atoms with van der Waals surface area (Å²) in [5, 5.41) is 2.95. The van der Waals surface area contributed by atoms with Crippen molar-refractivity contribution in [3.05, 3.63) is 59.7 Å². The van der Waals surface area contributed by atoms with Crippen molar-refractivity contribution in [2.45, 2.75) is 26.8 Å². The number of hydrogen-bond donors (Lipinski definition) is 1. The lowest BCUT2D eigenvalue weighted by molar-refractivity contribution is -0.134. The van der Waals surface area contributed by atoms with Crippen LogP contribution in [-0.4, -0.2) is 56.0 Å². The molecule has 1 unspecified atom stereocenters. The number of nitrogens with zero attached hydrogens (tertiary/aromatic N) is 2. The van der Waals surface area contributed by atoms with Gasteiger partial charge in [-0.1, -0.05) is 31.5 Å². The zero-order chi connectivity index (χ0) is 21.7. The van der Waals surface area contributed by atoms with Gasteiger partial charge < -0.3 is 19.9 Å². The van der Waals surface area contributed by atoms with Gasteiger partial charge in [0.2, 0.25) is 5.91 Å².